The van der Waals surface area contributed by atoms with Crippen molar-refractivity contribution in [1.29, 1.82) is 0 Å². The molecular formula is C12H18N4O. The molecule has 0 aromatic carbocycles. The molecule has 0 unspecified atom stereocenters. The molecule has 3 N–H and O–H groups in total. The average Bonchev–Trinajstić information content (AvgIpc) is 2.25. The van der Waals surface area contributed by atoms with Gasteiger partial charge in [-0.3, -0.25) is 9.69 Å². The SMILES string of the molecule is CC1(C)C(=O)NCCN1Cc1ccnc(N)c1. The summed E-state index contributed by atoms with van der Waals surface area (Å²) in [6.07, 6.45) is 1.70. The van der Waals surface area contributed by atoms with Crippen LogP contribution in [0.1, 0.15) is 19.4 Å². The molecule has 1 aromatic heterocycles. The van der Waals surface area contributed by atoms with Gasteiger partial charge in [0, 0.05) is 25.8 Å². The predicted molar refractivity (Wildman–Crippen MR) is 66.1 cm³/mol. The van der Waals surface area contributed by atoms with Gasteiger partial charge in [-0.15, -0.1) is 0 Å². The zero-order valence-corrected chi connectivity index (χ0v) is 10.2. The number of carbonyl (C=O) groups excluding carboxylic acids is 1. The lowest BCUT2D eigenvalue weighted by atomic mass is 9.98. The van der Waals surface area contributed by atoms with Crippen LogP contribution in [-0.4, -0.2) is 34.4 Å². The van der Waals surface area contributed by atoms with Crippen molar-refractivity contribution in [2.45, 2.75) is 25.9 Å². The minimum absolute atomic E-state index is 0.0748. The highest BCUT2D eigenvalue weighted by Gasteiger charge is 2.37. The molecular weight excluding hydrogens is 216 g/mol. The van der Waals surface area contributed by atoms with Gasteiger partial charge in [0.2, 0.25) is 5.91 Å². The fourth-order valence-electron chi connectivity index (χ4n) is 2.03. The zero-order valence-electron chi connectivity index (χ0n) is 10.2. The number of carbonyl (C=O) groups is 1. The Hall–Kier alpha value is -1.62. The van der Waals surface area contributed by atoms with E-state index in [1.54, 1.807) is 6.20 Å². The number of nitrogens with one attached hydrogen (secondary N) is 1. The lowest BCUT2D eigenvalue weighted by Gasteiger charge is -2.41. The summed E-state index contributed by atoms with van der Waals surface area (Å²) in [5, 5.41) is 2.88. The van der Waals surface area contributed by atoms with Crippen LogP contribution in [0, 0.1) is 0 Å². The van der Waals surface area contributed by atoms with Crippen LogP contribution in [-0.2, 0) is 11.3 Å². The highest BCUT2D eigenvalue weighted by Crippen LogP contribution is 2.20. The summed E-state index contributed by atoms with van der Waals surface area (Å²) in [4.78, 5) is 17.9. The lowest BCUT2D eigenvalue weighted by molar-refractivity contribution is -0.135. The number of hydrogen-bond acceptors (Lipinski definition) is 4. The number of nitrogens with two attached hydrogens (primary N) is 1. The Bertz CT molecular complexity index is 430. The fraction of sp³-hybridized carbons (Fsp3) is 0.500. The van der Waals surface area contributed by atoms with Crippen LogP contribution in [0.15, 0.2) is 18.3 Å². The van der Waals surface area contributed by atoms with Crippen molar-refractivity contribution in [3.05, 3.63) is 23.9 Å². The molecule has 1 amide bonds. The number of pyridine rings is 1. The monoisotopic (exact) mass is 234 g/mol. The molecule has 2 rings (SSSR count). The first-order chi connectivity index (χ1) is 8.00. The van der Waals surface area contributed by atoms with E-state index in [0.29, 0.717) is 18.9 Å². The number of anilines is 1. The molecule has 5 nitrogen and oxygen atoms in total. The second kappa shape index (κ2) is 4.33. The van der Waals surface area contributed by atoms with Gasteiger partial charge in [0.05, 0.1) is 5.54 Å². The van der Waals surface area contributed by atoms with Gasteiger partial charge in [-0.1, -0.05) is 0 Å². The van der Waals surface area contributed by atoms with Gasteiger partial charge < -0.3 is 11.1 Å². The van der Waals surface area contributed by atoms with Crippen LogP contribution in [0.5, 0.6) is 0 Å². The zero-order chi connectivity index (χ0) is 12.5. The molecule has 1 fully saturated rings. The van der Waals surface area contributed by atoms with Gasteiger partial charge in [-0.05, 0) is 31.5 Å². The number of piperazine rings is 1. The fourth-order valence-corrected chi connectivity index (χ4v) is 2.03. The maximum absolute atomic E-state index is 11.8. The molecule has 2 heterocycles. The third-order valence-electron chi connectivity index (χ3n) is 3.23. The molecule has 0 aliphatic carbocycles. The number of amides is 1. The van der Waals surface area contributed by atoms with Crippen LogP contribution in [0.4, 0.5) is 5.82 Å². The first-order valence-electron chi connectivity index (χ1n) is 5.74. The van der Waals surface area contributed by atoms with E-state index in [1.807, 2.05) is 26.0 Å². The van der Waals surface area contributed by atoms with Crippen molar-refractivity contribution >= 4 is 11.7 Å². The third kappa shape index (κ3) is 2.39. The standard InChI is InChI=1S/C12H18N4O/c1-12(2)11(17)15-5-6-16(12)8-9-3-4-14-10(13)7-9/h3-4,7H,5-6,8H2,1-2H3,(H2,13,14)(H,15,17). The normalized spacial score (nSPS) is 20.0. The van der Waals surface area contributed by atoms with Crippen LogP contribution >= 0.6 is 0 Å². The molecule has 92 valence electrons. The maximum atomic E-state index is 11.8. The molecule has 17 heavy (non-hydrogen) atoms. The number of rotatable bonds is 2. The summed E-state index contributed by atoms with van der Waals surface area (Å²) in [6.45, 7) is 6.13. The second-order valence-corrected chi connectivity index (χ2v) is 4.83. The summed E-state index contributed by atoms with van der Waals surface area (Å²) in [5.41, 5.74) is 6.26. The summed E-state index contributed by atoms with van der Waals surface area (Å²) in [7, 11) is 0. The highest BCUT2D eigenvalue weighted by molar-refractivity contribution is 5.86. The van der Waals surface area contributed by atoms with Crippen molar-refractivity contribution in [1.82, 2.24) is 15.2 Å². The molecule has 1 aliphatic rings. The van der Waals surface area contributed by atoms with E-state index in [1.165, 1.54) is 0 Å². The Balaban J connectivity index is 2.15. The Labute approximate surface area is 101 Å². The topological polar surface area (TPSA) is 71.2 Å². The van der Waals surface area contributed by atoms with Gasteiger partial charge in [0.1, 0.15) is 5.82 Å². The minimum atomic E-state index is -0.476. The van der Waals surface area contributed by atoms with Crippen molar-refractivity contribution in [3.63, 3.8) is 0 Å². The predicted octanol–water partition coefficient (Wildman–Crippen LogP) is 0.374. The van der Waals surface area contributed by atoms with E-state index in [0.717, 1.165) is 12.1 Å². The van der Waals surface area contributed by atoms with E-state index in [4.69, 9.17) is 5.73 Å². The van der Waals surface area contributed by atoms with Gasteiger partial charge in [0.15, 0.2) is 0 Å². The molecule has 0 saturated carbocycles. The quantitative estimate of drug-likeness (QED) is 0.775. The first-order valence-corrected chi connectivity index (χ1v) is 5.74. The van der Waals surface area contributed by atoms with Gasteiger partial charge in [-0.2, -0.15) is 0 Å². The van der Waals surface area contributed by atoms with Crippen molar-refractivity contribution in [2.75, 3.05) is 18.8 Å². The van der Waals surface area contributed by atoms with Gasteiger partial charge >= 0.3 is 0 Å². The van der Waals surface area contributed by atoms with Crippen LogP contribution in [0.3, 0.4) is 0 Å². The highest BCUT2D eigenvalue weighted by atomic mass is 16.2. The third-order valence-corrected chi connectivity index (χ3v) is 3.23. The maximum Gasteiger partial charge on any atom is 0.240 e. The molecule has 1 aliphatic heterocycles. The van der Waals surface area contributed by atoms with Gasteiger partial charge in [-0.25, -0.2) is 4.98 Å². The molecule has 1 aromatic rings. The Morgan fingerprint density at radius 3 is 3.06 bits per heavy atom. The molecule has 0 bridgehead atoms. The van der Waals surface area contributed by atoms with Crippen molar-refractivity contribution < 1.29 is 4.79 Å². The van der Waals surface area contributed by atoms with E-state index in [9.17, 15) is 4.79 Å². The molecule has 0 atom stereocenters. The Morgan fingerprint density at radius 1 is 1.59 bits per heavy atom. The lowest BCUT2D eigenvalue weighted by Crippen LogP contribution is -2.61. The van der Waals surface area contributed by atoms with Crippen LogP contribution < -0.4 is 11.1 Å². The summed E-state index contributed by atoms with van der Waals surface area (Å²) < 4.78 is 0. The number of aromatic nitrogens is 1. The smallest absolute Gasteiger partial charge is 0.240 e. The van der Waals surface area contributed by atoms with Crippen molar-refractivity contribution in [2.24, 2.45) is 0 Å². The average molecular weight is 234 g/mol. The van der Waals surface area contributed by atoms with Crippen molar-refractivity contribution in [3.8, 4) is 0 Å². The van der Waals surface area contributed by atoms with E-state index in [-0.39, 0.29) is 5.91 Å². The van der Waals surface area contributed by atoms with Gasteiger partial charge in [0.25, 0.3) is 0 Å². The number of hydrogen-bond donors (Lipinski definition) is 2. The molecule has 0 radical (unpaired) electrons. The largest absolute Gasteiger partial charge is 0.384 e. The van der Waals surface area contributed by atoms with Crippen LogP contribution in [0.25, 0.3) is 0 Å². The Kier molecular flexibility index (Phi) is 3.02. The molecule has 0 spiro atoms. The second-order valence-electron chi connectivity index (χ2n) is 4.83. The summed E-state index contributed by atoms with van der Waals surface area (Å²) in [6, 6.07) is 3.78. The first kappa shape index (κ1) is 11.9. The minimum Gasteiger partial charge on any atom is -0.384 e. The summed E-state index contributed by atoms with van der Waals surface area (Å²) in [5.74, 6) is 0.590. The number of nitrogen functional groups attached to an aromatic ring is 1. The van der Waals surface area contributed by atoms with E-state index in [2.05, 4.69) is 15.2 Å². The van der Waals surface area contributed by atoms with Crippen LogP contribution in [0.2, 0.25) is 0 Å². The number of nitrogens with zero attached hydrogens (tertiary/aromatic N) is 2. The Morgan fingerprint density at radius 2 is 2.35 bits per heavy atom. The van der Waals surface area contributed by atoms with E-state index < -0.39 is 5.54 Å². The summed E-state index contributed by atoms with van der Waals surface area (Å²) >= 11 is 0. The molecule has 1 saturated heterocycles. The molecule has 5 heteroatoms. The van der Waals surface area contributed by atoms with E-state index >= 15 is 0 Å².